The molecule has 0 bridgehead atoms. The maximum Gasteiger partial charge on any atom is 0.122 e. The highest BCUT2D eigenvalue weighted by Crippen LogP contribution is 2.12. The number of aromatic nitrogens is 3. The predicted octanol–water partition coefficient (Wildman–Crippen LogP) is 1.62. The smallest absolute Gasteiger partial charge is 0.122 e. The number of nitrogens with one attached hydrogen (secondary N) is 1. The van der Waals surface area contributed by atoms with Crippen molar-refractivity contribution in [1.82, 2.24) is 24.8 Å². The molecule has 0 spiro atoms. The van der Waals surface area contributed by atoms with Crippen molar-refractivity contribution in [3.8, 4) is 0 Å². The largest absolute Gasteiger partial charge is 0.337 e. The quantitative estimate of drug-likeness (QED) is 0.836. The Hall–Kier alpha value is -1.24. The van der Waals surface area contributed by atoms with E-state index in [1.807, 2.05) is 24.0 Å². The van der Waals surface area contributed by atoms with Gasteiger partial charge in [0.1, 0.15) is 10.8 Å². The van der Waals surface area contributed by atoms with Crippen molar-refractivity contribution in [2.75, 3.05) is 13.6 Å². The molecule has 0 aliphatic heterocycles. The van der Waals surface area contributed by atoms with E-state index in [4.69, 9.17) is 0 Å². The minimum atomic E-state index is 0.837. The maximum absolute atomic E-state index is 4.63. The minimum Gasteiger partial charge on any atom is -0.337 e. The van der Waals surface area contributed by atoms with Crippen LogP contribution in [0.15, 0.2) is 17.8 Å². The molecule has 0 saturated heterocycles. The maximum atomic E-state index is 4.63. The van der Waals surface area contributed by atoms with Crippen LogP contribution in [0, 0.1) is 0 Å². The number of hydrogen-bond donors (Lipinski definition) is 1. The monoisotopic (exact) mass is 279 g/mol. The number of hydrogen-bond acceptors (Lipinski definition) is 5. The molecule has 2 heterocycles. The van der Waals surface area contributed by atoms with Crippen molar-refractivity contribution in [1.29, 1.82) is 0 Å². The van der Waals surface area contributed by atoms with Gasteiger partial charge in [-0.3, -0.25) is 4.90 Å². The molecule has 0 saturated carbocycles. The Morgan fingerprint density at radius 2 is 2.26 bits per heavy atom. The summed E-state index contributed by atoms with van der Waals surface area (Å²) in [7, 11) is 4.12. The molecule has 19 heavy (non-hydrogen) atoms. The lowest BCUT2D eigenvalue weighted by molar-refractivity contribution is 0.304. The number of thiazole rings is 1. The summed E-state index contributed by atoms with van der Waals surface area (Å²) in [5.41, 5.74) is 1.13. The summed E-state index contributed by atoms with van der Waals surface area (Å²) in [5.74, 6) is 1.07. The van der Waals surface area contributed by atoms with E-state index in [1.54, 1.807) is 11.3 Å². The van der Waals surface area contributed by atoms with Crippen LogP contribution in [0.4, 0.5) is 0 Å². The summed E-state index contributed by atoms with van der Waals surface area (Å²) in [6, 6.07) is 0. The van der Waals surface area contributed by atoms with Gasteiger partial charge in [-0.25, -0.2) is 9.97 Å². The van der Waals surface area contributed by atoms with Crippen LogP contribution in [0.5, 0.6) is 0 Å². The number of nitrogens with zero attached hydrogens (tertiary/aromatic N) is 4. The van der Waals surface area contributed by atoms with Crippen molar-refractivity contribution < 1.29 is 0 Å². The van der Waals surface area contributed by atoms with Gasteiger partial charge in [0.05, 0.1) is 12.2 Å². The van der Waals surface area contributed by atoms with Gasteiger partial charge in [-0.05, 0) is 13.6 Å². The molecular weight excluding hydrogens is 258 g/mol. The van der Waals surface area contributed by atoms with Crippen LogP contribution in [0.3, 0.4) is 0 Å². The van der Waals surface area contributed by atoms with Gasteiger partial charge in [-0.15, -0.1) is 11.3 Å². The molecule has 2 rings (SSSR count). The molecular formula is C13H21N5S. The van der Waals surface area contributed by atoms with Crippen molar-refractivity contribution in [3.63, 3.8) is 0 Å². The van der Waals surface area contributed by atoms with Crippen molar-refractivity contribution >= 4 is 11.3 Å². The summed E-state index contributed by atoms with van der Waals surface area (Å²) in [6.07, 6.45) is 3.81. The zero-order valence-corrected chi connectivity index (χ0v) is 12.6. The van der Waals surface area contributed by atoms with Crippen LogP contribution in [0.1, 0.15) is 23.4 Å². The van der Waals surface area contributed by atoms with Crippen LogP contribution in [-0.4, -0.2) is 33.0 Å². The average molecular weight is 279 g/mol. The summed E-state index contributed by atoms with van der Waals surface area (Å²) in [5, 5.41) is 6.59. The van der Waals surface area contributed by atoms with Crippen molar-refractivity contribution in [2.45, 2.75) is 26.6 Å². The lowest BCUT2D eigenvalue weighted by Crippen LogP contribution is -2.19. The average Bonchev–Trinajstić information content (AvgIpc) is 2.97. The first kappa shape index (κ1) is 14.2. The molecule has 0 atom stereocenters. The normalized spacial score (nSPS) is 11.4. The van der Waals surface area contributed by atoms with Crippen LogP contribution in [0.2, 0.25) is 0 Å². The summed E-state index contributed by atoms with van der Waals surface area (Å²) in [6.45, 7) is 5.65. The first-order chi connectivity index (χ1) is 9.19. The molecule has 0 radical (unpaired) electrons. The Morgan fingerprint density at radius 1 is 1.42 bits per heavy atom. The Kier molecular flexibility index (Phi) is 5.07. The van der Waals surface area contributed by atoms with E-state index in [2.05, 4.69) is 39.5 Å². The molecule has 5 nitrogen and oxygen atoms in total. The third kappa shape index (κ3) is 4.12. The van der Waals surface area contributed by atoms with Gasteiger partial charge in [-0.2, -0.15) is 0 Å². The highest BCUT2D eigenvalue weighted by atomic mass is 32.1. The van der Waals surface area contributed by atoms with E-state index in [0.29, 0.717) is 0 Å². The SMILES string of the molecule is CCNCc1nc(CN(C)Cc2nccn2C)cs1. The van der Waals surface area contributed by atoms with Gasteiger partial charge in [0.15, 0.2) is 0 Å². The number of imidazole rings is 1. The zero-order valence-electron chi connectivity index (χ0n) is 11.8. The third-order valence-electron chi connectivity index (χ3n) is 2.89. The van der Waals surface area contributed by atoms with Crippen LogP contribution < -0.4 is 5.32 Å². The Morgan fingerprint density at radius 3 is 2.95 bits per heavy atom. The fourth-order valence-corrected chi connectivity index (χ4v) is 2.61. The topological polar surface area (TPSA) is 46.0 Å². The molecule has 0 unspecified atom stereocenters. The lowest BCUT2D eigenvalue weighted by atomic mass is 10.4. The van der Waals surface area contributed by atoms with Crippen molar-refractivity contribution in [3.05, 3.63) is 34.3 Å². The lowest BCUT2D eigenvalue weighted by Gasteiger charge is -2.14. The van der Waals surface area contributed by atoms with Crippen molar-refractivity contribution in [2.24, 2.45) is 7.05 Å². The fraction of sp³-hybridized carbons (Fsp3) is 0.538. The second-order valence-corrected chi connectivity index (χ2v) is 5.58. The summed E-state index contributed by atoms with van der Waals surface area (Å²) in [4.78, 5) is 11.2. The molecule has 0 aromatic carbocycles. The van der Waals surface area contributed by atoms with E-state index in [-0.39, 0.29) is 0 Å². The first-order valence-electron chi connectivity index (χ1n) is 6.47. The Labute approximate surface area is 118 Å². The van der Waals surface area contributed by atoms with Crippen LogP contribution in [0.25, 0.3) is 0 Å². The zero-order chi connectivity index (χ0) is 13.7. The van der Waals surface area contributed by atoms with Gasteiger partial charge in [0.2, 0.25) is 0 Å². The van der Waals surface area contributed by atoms with E-state index in [1.165, 1.54) is 0 Å². The van der Waals surface area contributed by atoms with E-state index < -0.39 is 0 Å². The molecule has 0 aliphatic rings. The van der Waals surface area contributed by atoms with Crippen LogP contribution >= 0.6 is 11.3 Å². The Balaban J connectivity index is 1.86. The highest BCUT2D eigenvalue weighted by molar-refractivity contribution is 7.09. The molecule has 0 amide bonds. The minimum absolute atomic E-state index is 0.837. The van der Waals surface area contributed by atoms with Gasteiger partial charge < -0.3 is 9.88 Å². The highest BCUT2D eigenvalue weighted by Gasteiger charge is 2.08. The first-order valence-corrected chi connectivity index (χ1v) is 7.35. The molecule has 0 aliphatic carbocycles. The fourth-order valence-electron chi connectivity index (χ4n) is 1.86. The second-order valence-electron chi connectivity index (χ2n) is 4.64. The predicted molar refractivity (Wildman–Crippen MR) is 77.9 cm³/mol. The molecule has 0 fully saturated rings. The number of rotatable bonds is 7. The Bertz CT molecular complexity index is 505. The van der Waals surface area contributed by atoms with E-state index in [9.17, 15) is 0 Å². The van der Waals surface area contributed by atoms with Gasteiger partial charge in [0.25, 0.3) is 0 Å². The molecule has 6 heteroatoms. The van der Waals surface area contributed by atoms with Crippen LogP contribution in [-0.2, 0) is 26.7 Å². The summed E-state index contributed by atoms with van der Waals surface area (Å²) < 4.78 is 2.05. The summed E-state index contributed by atoms with van der Waals surface area (Å²) >= 11 is 1.72. The molecule has 2 aromatic rings. The molecule has 104 valence electrons. The van der Waals surface area contributed by atoms with Gasteiger partial charge >= 0.3 is 0 Å². The van der Waals surface area contributed by atoms with E-state index >= 15 is 0 Å². The van der Waals surface area contributed by atoms with Gasteiger partial charge in [-0.1, -0.05) is 6.92 Å². The molecule has 2 aromatic heterocycles. The molecule has 1 N–H and O–H groups in total. The second kappa shape index (κ2) is 6.79. The van der Waals surface area contributed by atoms with E-state index in [0.717, 1.165) is 42.7 Å². The van der Waals surface area contributed by atoms with Gasteiger partial charge in [0, 0.05) is 37.9 Å². The number of aryl methyl sites for hydroxylation is 1. The standard InChI is InChI=1S/C13H21N5S/c1-4-14-7-13-16-11(10-19-13)8-17(2)9-12-15-5-6-18(12)3/h5-6,10,14H,4,7-9H2,1-3H3. The third-order valence-corrected chi connectivity index (χ3v) is 3.79.